The quantitative estimate of drug-likeness (QED) is 0.648. The highest BCUT2D eigenvalue weighted by Crippen LogP contribution is 2.20. The number of H-pyrrole nitrogens is 1. The first-order valence-corrected chi connectivity index (χ1v) is 3.85. The van der Waals surface area contributed by atoms with Gasteiger partial charge in [-0.25, -0.2) is 9.67 Å². The fourth-order valence-electron chi connectivity index (χ4n) is 1.22. The van der Waals surface area contributed by atoms with Gasteiger partial charge in [0.1, 0.15) is 11.6 Å². The summed E-state index contributed by atoms with van der Waals surface area (Å²) in [6.07, 6.45) is 1.64. The molecule has 0 bridgehead atoms. The van der Waals surface area contributed by atoms with Crippen LogP contribution in [0, 0.1) is 6.92 Å². The molecule has 0 aliphatic carbocycles. The van der Waals surface area contributed by atoms with Crippen molar-refractivity contribution in [2.24, 2.45) is 7.05 Å². The van der Waals surface area contributed by atoms with Crippen molar-refractivity contribution in [3.63, 3.8) is 0 Å². The van der Waals surface area contributed by atoms with Crippen LogP contribution in [0.15, 0.2) is 6.20 Å². The van der Waals surface area contributed by atoms with E-state index in [4.69, 9.17) is 5.73 Å². The number of nitrogens with one attached hydrogen (secondary N) is 1. The van der Waals surface area contributed by atoms with Crippen molar-refractivity contribution >= 4 is 5.82 Å². The molecular weight excluding hydrogens is 168 g/mol. The van der Waals surface area contributed by atoms with Gasteiger partial charge in [0, 0.05) is 7.05 Å². The average molecular weight is 178 g/mol. The van der Waals surface area contributed by atoms with Gasteiger partial charge in [-0.05, 0) is 6.92 Å². The summed E-state index contributed by atoms with van der Waals surface area (Å²) in [7, 11) is 1.82. The maximum Gasteiger partial charge on any atom is 0.163 e. The summed E-state index contributed by atoms with van der Waals surface area (Å²) >= 11 is 0. The zero-order valence-electron chi connectivity index (χ0n) is 7.44. The summed E-state index contributed by atoms with van der Waals surface area (Å²) in [4.78, 5) is 4.23. The van der Waals surface area contributed by atoms with Gasteiger partial charge in [0.2, 0.25) is 0 Å². The van der Waals surface area contributed by atoms with Crippen LogP contribution in [0.5, 0.6) is 0 Å². The average Bonchev–Trinajstić information content (AvgIpc) is 2.58. The minimum absolute atomic E-state index is 0.510. The Bertz CT molecular complexity index is 426. The number of nitrogens with two attached hydrogens (primary N) is 1. The topological polar surface area (TPSA) is 85.4 Å². The Balaban J connectivity index is 2.58. The third-order valence-corrected chi connectivity index (χ3v) is 1.78. The Morgan fingerprint density at radius 2 is 2.31 bits per heavy atom. The Morgan fingerprint density at radius 1 is 1.54 bits per heavy atom. The molecular formula is C7H10N6. The maximum absolute atomic E-state index is 5.65. The van der Waals surface area contributed by atoms with E-state index in [9.17, 15) is 0 Å². The van der Waals surface area contributed by atoms with Crippen molar-refractivity contribution < 1.29 is 0 Å². The van der Waals surface area contributed by atoms with Crippen molar-refractivity contribution in [1.29, 1.82) is 0 Å². The molecule has 2 aromatic rings. The van der Waals surface area contributed by atoms with E-state index in [1.165, 1.54) is 0 Å². The van der Waals surface area contributed by atoms with E-state index >= 15 is 0 Å². The van der Waals surface area contributed by atoms with Crippen molar-refractivity contribution in [1.82, 2.24) is 25.0 Å². The number of hydrogen-bond acceptors (Lipinski definition) is 4. The fourth-order valence-corrected chi connectivity index (χ4v) is 1.22. The number of aryl methyl sites for hydroxylation is 2. The summed E-state index contributed by atoms with van der Waals surface area (Å²) in [5.74, 6) is 1.96. The second-order valence-corrected chi connectivity index (χ2v) is 2.80. The minimum Gasteiger partial charge on any atom is -0.383 e. The van der Waals surface area contributed by atoms with E-state index in [0.717, 1.165) is 17.2 Å². The smallest absolute Gasteiger partial charge is 0.163 e. The van der Waals surface area contributed by atoms with Crippen molar-refractivity contribution in [2.75, 3.05) is 5.73 Å². The summed E-state index contributed by atoms with van der Waals surface area (Å²) in [5.41, 5.74) is 6.43. The lowest BCUT2D eigenvalue weighted by Gasteiger charge is -1.95. The summed E-state index contributed by atoms with van der Waals surface area (Å²) in [6, 6.07) is 0. The molecule has 0 amide bonds. The maximum atomic E-state index is 5.65. The lowest BCUT2D eigenvalue weighted by atomic mass is 10.3. The Labute approximate surface area is 74.8 Å². The largest absolute Gasteiger partial charge is 0.383 e. The van der Waals surface area contributed by atoms with Crippen LogP contribution in [0.2, 0.25) is 0 Å². The van der Waals surface area contributed by atoms with Crippen LogP contribution in [0.4, 0.5) is 5.82 Å². The molecule has 0 radical (unpaired) electrons. The predicted octanol–water partition coefficient (Wildman–Crippen LogP) is 0.0958. The monoisotopic (exact) mass is 178 g/mol. The normalized spacial score (nSPS) is 10.6. The number of nitrogens with zero attached hydrogens (tertiary/aromatic N) is 4. The number of rotatable bonds is 1. The van der Waals surface area contributed by atoms with E-state index < -0.39 is 0 Å². The second-order valence-electron chi connectivity index (χ2n) is 2.80. The first-order valence-electron chi connectivity index (χ1n) is 3.85. The molecule has 0 aliphatic heterocycles. The first-order chi connectivity index (χ1) is 6.18. The molecule has 0 aromatic carbocycles. The molecule has 2 aromatic heterocycles. The highest BCUT2D eigenvalue weighted by atomic mass is 15.3. The van der Waals surface area contributed by atoms with Gasteiger partial charge >= 0.3 is 0 Å². The van der Waals surface area contributed by atoms with Gasteiger partial charge < -0.3 is 5.73 Å². The molecule has 0 saturated heterocycles. The van der Waals surface area contributed by atoms with Gasteiger partial charge in [-0.15, -0.1) is 0 Å². The summed E-state index contributed by atoms with van der Waals surface area (Å²) in [5, 5.41) is 10.6. The molecule has 0 fully saturated rings. The molecule has 0 unspecified atom stereocenters. The summed E-state index contributed by atoms with van der Waals surface area (Å²) < 4.78 is 1.68. The zero-order valence-corrected chi connectivity index (χ0v) is 7.44. The van der Waals surface area contributed by atoms with Crippen LogP contribution < -0.4 is 5.73 Å². The van der Waals surface area contributed by atoms with Crippen LogP contribution >= 0.6 is 0 Å². The third kappa shape index (κ3) is 1.16. The van der Waals surface area contributed by atoms with Crippen LogP contribution in [-0.2, 0) is 7.05 Å². The van der Waals surface area contributed by atoms with Gasteiger partial charge in [0.15, 0.2) is 5.82 Å². The Hall–Kier alpha value is -1.85. The number of aromatic amines is 1. The molecule has 13 heavy (non-hydrogen) atoms. The van der Waals surface area contributed by atoms with E-state index in [0.29, 0.717) is 5.82 Å². The standard InChI is InChI=1S/C7H10N6/c1-4-10-7(13(2)12-4)5-3-9-11-6(5)8/h3H,1-2H3,(H3,8,9,11). The highest BCUT2D eigenvalue weighted by Gasteiger charge is 2.11. The molecule has 0 spiro atoms. The molecule has 2 heterocycles. The molecule has 0 saturated carbocycles. The van der Waals surface area contributed by atoms with Gasteiger partial charge in [-0.1, -0.05) is 0 Å². The highest BCUT2D eigenvalue weighted by molar-refractivity contribution is 5.67. The number of anilines is 1. The van der Waals surface area contributed by atoms with E-state index in [1.54, 1.807) is 10.9 Å². The van der Waals surface area contributed by atoms with Gasteiger partial charge in [-0.2, -0.15) is 10.2 Å². The zero-order chi connectivity index (χ0) is 9.42. The molecule has 6 nitrogen and oxygen atoms in total. The molecule has 0 aliphatic rings. The Kier molecular flexibility index (Phi) is 1.54. The number of aromatic nitrogens is 5. The van der Waals surface area contributed by atoms with Gasteiger partial charge in [0.25, 0.3) is 0 Å². The van der Waals surface area contributed by atoms with E-state index in [-0.39, 0.29) is 0 Å². The summed E-state index contributed by atoms with van der Waals surface area (Å²) in [6.45, 7) is 1.83. The Morgan fingerprint density at radius 3 is 2.77 bits per heavy atom. The molecule has 2 rings (SSSR count). The van der Waals surface area contributed by atoms with E-state index in [1.807, 2.05) is 14.0 Å². The lowest BCUT2D eigenvalue weighted by molar-refractivity contribution is 0.764. The van der Waals surface area contributed by atoms with Crippen LogP contribution in [0.1, 0.15) is 5.82 Å². The van der Waals surface area contributed by atoms with Crippen LogP contribution in [0.25, 0.3) is 11.4 Å². The third-order valence-electron chi connectivity index (χ3n) is 1.78. The fraction of sp³-hybridized carbons (Fsp3) is 0.286. The minimum atomic E-state index is 0.510. The van der Waals surface area contributed by atoms with Crippen molar-refractivity contribution in [3.05, 3.63) is 12.0 Å². The SMILES string of the molecule is Cc1nc(-c2cn[nH]c2N)n(C)n1. The van der Waals surface area contributed by atoms with E-state index in [2.05, 4.69) is 20.3 Å². The van der Waals surface area contributed by atoms with Crippen LogP contribution in [0.3, 0.4) is 0 Å². The van der Waals surface area contributed by atoms with Crippen molar-refractivity contribution in [3.8, 4) is 11.4 Å². The van der Waals surface area contributed by atoms with Gasteiger partial charge in [-0.3, -0.25) is 5.10 Å². The molecule has 6 heteroatoms. The lowest BCUT2D eigenvalue weighted by Crippen LogP contribution is -1.96. The molecule has 3 N–H and O–H groups in total. The van der Waals surface area contributed by atoms with Crippen molar-refractivity contribution in [2.45, 2.75) is 6.92 Å². The molecule has 68 valence electrons. The second kappa shape index (κ2) is 2.58. The predicted molar refractivity (Wildman–Crippen MR) is 47.7 cm³/mol. The van der Waals surface area contributed by atoms with Gasteiger partial charge in [0.05, 0.1) is 11.8 Å². The molecule has 0 atom stereocenters. The van der Waals surface area contributed by atoms with Crippen LogP contribution in [-0.4, -0.2) is 25.0 Å². The number of nitrogen functional groups attached to an aromatic ring is 1. The number of hydrogen-bond donors (Lipinski definition) is 2. The first kappa shape index (κ1) is 7.78.